The number of nitrogens with zero attached hydrogens (tertiary/aromatic N) is 2. The van der Waals surface area contributed by atoms with Crippen molar-refractivity contribution in [1.29, 1.82) is 0 Å². The molecule has 0 saturated carbocycles. The highest BCUT2D eigenvalue weighted by Crippen LogP contribution is 2.25. The monoisotopic (exact) mass is 591 g/mol. The standard InChI is InChI=1S/C23H28BrCl2N3O4S/c1-15(2)12-27-23(31)16(3)28(13-17-5-8-19(25)11-21(17)26)22(30)14-29(34(4,32)33)20-9-6-18(24)7-10-20/h5-11,15-16H,12-14H2,1-4H3,(H,27,31)/t16-/m0/s1. The maximum atomic E-state index is 13.5. The second-order valence-corrected chi connectivity index (χ2v) is 12.0. The minimum atomic E-state index is -3.79. The lowest BCUT2D eigenvalue weighted by Gasteiger charge is -2.32. The maximum Gasteiger partial charge on any atom is 0.244 e. The molecule has 0 aliphatic heterocycles. The fraction of sp³-hybridized carbons (Fsp3) is 0.391. The summed E-state index contributed by atoms with van der Waals surface area (Å²) in [6.45, 7) is 5.49. The number of carbonyl (C=O) groups excluding carboxylic acids is 2. The van der Waals surface area contributed by atoms with Crippen LogP contribution in [-0.4, -0.2) is 50.5 Å². The van der Waals surface area contributed by atoms with Crippen molar-refractivity contribution in [2.75, 3.05) is 23.7 Å². The lowest BCUT2D eigenvalue weighted by molar-refractivity contribution is -0.139. The smallest absolute Gasteiger partial charge is 0.244 e. The zero-order valence-electron chi connectivity index (χ0n) is 19.4. The van der Waals surface area contributed by atoms with Crippen molar-refractivity contribution in [2.45, 2.75) is 33.4 Å². The second-order valence-electron chi connectivity index (χ2n) is 8.32. The lowest BCUT2D eigenvalue weighted by atomic mass is 10.1. The Hall–Kier alpha value is -1.81. The first kappa shape index (κ1) is 28.4. The van der Waals surface area contributed by atoms with Crippen molar-refractivity contribution in [2.24, 2.45) is 5.92 Å². The molecule has 34 heavy (non-hydrogen) atoms. The molecule has 2 aromatic carbocycles. The first-order valence-electron chi connectivity index (χ1n) is 10.5. The summed E-state index contributed by atoms with van der Waals surface area (Å²) in [7, 11) is -3.79. The number of amides is 2. The molecule has 0 aliphatic carbocycles. The second kappa shape index (κ2) is 12.2. The molecule has 0 aliphatic rings. The molecule has 0 saturated heterocycles. The molecular formula is C23H28BrCl2N3O4S. The quantitative estimate of drug-likeness (QED) is 0.433. The molecule has 0 spiro atoms. The van der Waals surface area contributed by atoms with E-state index in [-0.39, 0.29) is 18.4 Å². The number of rotatable bonds is 10. The van der Waals surface area contributed by atoms with E-state index in [0.717, 1.165) is 15.0 Å². The van der Waals surface area contributed by atoms with Gasteiger partial charge in [-0.1, -0.05) is 59.0 Å². The van der Waals surface area contributed by atoms with Gasteiger partial charge in [-0.15, -0.1) is 0 Å². The normalized spacial score (nSPS) is 12.4. The highest BCUT2D eigenvalue weighted by Gasteiger charge is 2.30. The van der Waals surface area contributed by atoms with Gasteiger partial charge in [0.25, 0.3) is 0 Å². The molecule has 2 amide bonds. The van der Waals surface area contributed by atoms with E-state index in [0.29, 0.717) is 27.8 Å². The molecule has 7 nitrogen and oxygen atoms in total. The van der Waals surface area contributed by atoms with E-state index in [1.54, 1.807) is 49.4 Å². The van der Waals surface area contributed by atoms with Crippen LogP contribution >= 0.6 is 39.1 Å². The van der Waals surface area contributed by atoms with Crippen molar-refractivity contribution in [3.05, 3.63) is 62.5 Å². The van der Waals surface area contributed by atoms with Crippen molar-refractivity contribution in [3.63, 3.8) is 0 Å². The van der Waals surface area contributed by atoms with Gasteiger partial charge >= 0.3 is 0 Å². The average Bonchev–Trinajstić information content (AvgIpc) is 2.74. The molecule has 0 fully saturated rings. The number of hydrogen-bond donors (Lipinski definition) is 1. The largest absolute Gasteiger partial charge is 0.354 e. The van der Waals surface area contributed by atoms with Gasteiger partial charge in [-0.2, -0.15) is 0 Å². The summed E-state index contributed by atoms with van der Waals surface area (Å²) in [6, 6.07) is 10.6. The molecule has 0 heterocycles. The van der Waals surface area contributed by atoms with Gasteiger partial charge in [0.05, 0.1) is 11.9 Å². The predicted molar refractivity (Wildman–Crippen MR) is 141 cm³/mol. The van der Waals surface area contributed by atoms with Crippen LogP contribution in [0.2, 0.25) is 10.0 Å². The maximum absolute atomic E-state index is 13.5. The number of halogens is 3. The Morgan fingerprint density at radius 2 is 1.68 bits per heavy atom. The van der Waals surface area contributed by atoms with E-state index in [9.17, 15) is 18.0 Å². The lowest BCUT2D eigenvalue weighted by Crippen LogP contribution is -2.51. The third-order valence-corrected chi connectivity index (χ3v) is 7.26. The van der Waals surface area contributed by atoms with Crippen molar-refractivity contribution < 1.29 is 18.0 Å². The number of anilines is 1. The van der Waals surface area contributed by atoms with Gasteiger partial charge in [0.15, 0.2) is 0 Å². The Balaban J connectivity index is 2.39. The third-order valence-electron chi connectivity index (χ3n) is 5.00. The summed E-state index contributed by atoms with van der Waals surface area (Å²) in [6.07, 6.45) is 1.03. The Bertz CT molecular complexity index is 1130. The van der Waals surface area contributed by atoms with Gasteiger partial charge in [0, 0.05) is 27.6 Å². The summed E-state index contributed by atoms with van der Waals surface area (Å²) >= 11 is 15.6. The minimum absolute atomic E-state index is 0.00302. The Labute approximate surface area is 219 Å². The molecule has 1 atom stereocenters. The van der Waals surface area contributed by atoms with Crippen LogP contribution in [-0.2, 0) is 26.2 Å². The van der Waals surface area contributed by atoms with E-state index in [1.807, 2.05) is 13.8 Å². The molecule has 0 bridgehead atoms. The summed E-state index contributed by atoms with van der Waals surface area (Å²) in [4.78, 5) is 27.6. The molecule has 0 radical (unpaired) electrons. The van der Waals surface area contributed by atoms with Crippen LogP contribution < -0.4 is 9.62 Å². The first-order chi connectivity index (χ1) is 15.8. The van der Waals surface area contributed by atoms with E-state index < -0.39 is 28.5 Å². The van der Waals surface area contributed by atoms with E-state index >= 15 is 0 Å². The molecule has 11 heteroatoms. The number of nitrogens with one attached hydrogen (secondary N) is 1. The summed E-state index contributed by atoms with van der Waals surface area (Å²) in [5.74, 6) is -0.669. The number of benzene rings is 2. The van der Waals surface area contributed by atoms with Crippen molar-refractivity contribution >= 4 is 66.7 Å². The molecule has 0 aromatic heterocycles. The Kier molecular flexibility index (Phi) is 10.2. The van der Waals surface area contributed by atoms with Crippen LogP contribution in [0.5, 0.6) is 0 Å². The van der Waals surface area contributed by atoms with Crippen LogP contribution in [0.4, 0.5) is 5.69 Å². The van der Waals surface area contributed by atoms with Crippen LogP contribution in [0.1, 0.15) is 26.3 Å². The summed E-state index contributed by atoms with van der Waals surface area (Å²) in [5, 5.41) is 3.60. The van der Waals surface area contributed by atoms with Gasteiger partial charge in [-0.05, 0) is 54.8 Å². The summed E-state index contributed by atoms with van der Waals surface area (Å²) < 4.78 is 26.8. The minimum Gasteiger partial charge on any atom is -0.354 e. The summed E-state index contributed by atoms with van der Waals surface area (Å²) in [5.41, 5.74) is 0.915. The van der Waals surface area contributed by atoms with Crippen LogP contribution in [0.3, 0.4) is 0 Å². The number of carbonyl (C=O) groups is 2. The van der Waals surface area contributed by atoms with Crippen molar-refractivity contribution in [3.8, 4) is 0 Å². The first-order valence-corrected chi connectivity index (χ1v) is 13.9. The predicted octanol–water partition coefficient (Wildman–Crippen LogP) is 4.71. The van der Waals surface area contributed by atoms with Gasteiger partial charge in [-0.25, -0.2) is 8.42 Å². The molecule has 0 unspecified atom stereocenters. The van der Waals surface area contributed by atoms with Gasteiger partial charge in [0.2, 0.25) is 21.8 Å². The molecular weight excluding hydrogens is 565 g/mol. The van der Waals surface area contributed by atoms with Gasteiger partial charge in [-0.3, -0.25) is 13.9 Å². The molecule has 2 rings (SSSR count). The fourth-order valence-corrected chi connectivity index (χ4v) is 4.67. The third kappa shape index (κ3) is 8.15. The topological polar surface area (TPSA) is 86.8 Å². The highest BCUT2D eigenvalue weighted by atomic mass is 79.9. The molecule has 2 aromatic rings. The Morgan fingerprint density at radius 1 is 1.06 bits per heavy atom. The van der Waals surface area contributed by atoms with Gasteiger partial charge in [0.1, 0.15) is 12.6 Å². The fourth-order valence-electron chi connectivity index (χ4n) is 3.09. The van der Waals surface area contributed by atoms with Crippen LogP contribution in [0.25, 0.3) is 0 Å². The van der Waals surface area contributed by atoms with Gasteiger partial charge < -0.3 is 10.2 Å². The SMILES string of the molecule is CC(C)CNC(=O)[C@H](C)N(Cc1ccc(Cl)cc1Cl)C(=O)CN(c1ccc(Br)cc1)S(C)(=O)=O. The van der Waals surface area contributed by atoms with Crippen LogP contribution in [0, 0.1) is 5.92 Å². The van der Waals surface area contributed by atoms with Crippen LogP contribution in [0.15, 0.2) is 46.9 Å². The number of hydrogen-bond acceptors (Lipinski definition) is 4. The zero-order valence-corrected chi connectivity index (χ0v) is 23.3. The van der Waals surface area contributed by atoms with E-state index in [2.05, 4.69) is 21.2 Å². The zero-order chi connectivity index (χ0) is 25.6. The Morgan fingerprint density at radius 3 is 2.21 bits per heavy atom. The molecule has 186 valence electrons. The van der Waals surface area contributed by atoms with E-state index in [4.69, 9.17) is 23.2 Å². The van der Waals surface area contributed by atoms with E-state index in [1.165, 1.54) is 4.90 Å². The van der Waals surface area contributed by atoms with Crippen molar-refractivity contribution in [1.82, 2.24) is 10.2 Å². The molecule has 1 N–H and O–H groups in total. The number of sulfonamides is 1. The average molecular weight is 593 g/mol. The highest BCUT2D eigenvalue weighted by molar-refractivity contribution is 9.10.